The van der Waals surface area contributed by atoms with Crippen LogP contribution in [0.1, 0.15) is 23.2 Å². The number of amides is 1. The van der Waals surface area contributed by atoms with Crippen LogP contribution >= 0.6 is 11.6 Å². The van der Waals surface area contributed by atoms with Crippen molar-refractivity contribution in [2.24, 2.45) is 5.92 Å². The largest absolute Gasteiger partial charge is 0.385 e. The Hall–Kier alpha value is -1.26. The van der Waals surface area contributed by atoms with E-state index >= 15 is 0 Å². The Morgan fingerprint density at radius 3 is 2.95 bits per heavy atom. The highest BCUT2D eigenvalue weighted by atomic mass is 35.5. The summed E-state index contributed by atoms with van der Waals surface area (Å²) >= 11 is 6.10. The van der Waals surface area contributed by atoms with E-state index in [1.807, 2.05) is 12.1 Å². The third kappa shape index (κ3) is 3.87. The molecule has 1 atom stereocenters. The molecule has 1 saturated heterocycles. The van der Waals surface area contributed by atoms with Gasteiger partial charge < -0.3 is 15.5 Å². The van der Waals surface area contributed by atoms with Crippen LogP contribution in [0.25, 0.3) is 0 Å². The molecule has 2 rings (SSSR count). The standard InChI is InChI=1S/C15H22ClN3O/c1-19(2)15(20)13-8-12(5-6-14(13)16)18-10-11-4-3-7-17-9-11/h5-6,8,11,17-18H,3-4,7,9-10H2,1-2H3. The zero-order chi connectivity index (χ0) is 14.5. The summed E-state index contributed by atoms with van der Waals surface area (Å²) in [5.74, 6) is 0.574. The lowest BCUT2D eigenvalue weighted by atomic mass is 9.99. The summed E-state index contributed by atoms with van der Waals surface area (Å²) < 4.78 is 0. The van der Waals surface area contributed by atoms with Crippen LogP contribution in [0.15, 0.2) is 18.2 Å². The summed E-state index contributed by atoms with van der Waals surface area (Å²) in [6, 6.07) is 5.53. The quantitative estimate of drug-likeness (QED) is 0.897. The Bertz CT molecular complexity index is 470. The van der Waals surface area contributed by atoms with Crippen molar-refractivity contribution < 1.29 is 4.79 Å². The lowest BCUT2D eigenvalue weighted by molar-refractivity contribution is 0.0828. The van der Waals surface area contributed by atoms with E-state index < -0.39 is 0 Å². The number of anilines is 1. The first kappa shape index (κ1) is 15.1. The van der Waals surface area contributed by atoms with Gasteiger partial charge in [0.1, 0.15) is 0 Å². The van der Waals surface area contributed by atoms with Gasteiger partial charge in [0.25, 0.3) is 5.91 Å². The first-order valence-corrected chi connectivity index (χ1v) is 7.41. The molecule has 20 heavy (non-hydrogen) atoms. The number of nitrogens with zero attached hydrogens (tertiary/aromatic N) is 1. The van der Waals surface area contributed by atoms with Crippen molar-refractivity contribution >= 4 is 23.2 Å². The van der Waals surface area contributed by atoms with Crippen molar-refractivity contribution in [2.75, 3.05) is 39.0 Å². The van der Waals surface area contributed by atoms with Crippen LogP contribution in [-0.4, -0.2) is 44.5 Å². The smallest absolute Gasteiger partial charge is 0.254 e. The van der Waals surface area contributed by atoms with E-state index in [1.54, 1.807) is 20.2 Å². The molecule has 0 aliphatic carbocycles. The predicted octanol–water partition coefficient (Wildman–Crippen LogP) is 2.45. The number of hydrogen-bond donors (Lipinski definition) is 2. The van der Waals surface area contributed by atoms with E-state index in [-0.39, 0.29) is 5.91 Å². The van der Waals surface area contributed by atoms with Crippen LogP contribution in [0.2, 0.25) is 5.02 Å². The maximum atomic E-state index is 12.0. The lowest BCUT2D eigenvalue weighted by Gasteiger charge is -2.23. The van der Waals surface area contributed by atoms with Gasteiger partial charge in [-0.1, -0.05) is 11.6 Å². The van der Waals surface area contributed by atoms with E-state index in [9.17, 15) is 4.79 Å². The van der Waals surface area contributed by atoms with Crippen molar-refractivity contribution in [3.8, 4) is 0 Å². The van der Waals surface area contributed by atoms with Gasteiger partial charge in [-0.05, 0) is 50.0 Å². The molecule has 1 unspecified atom stereocenters. The lowest BCUT2D eigenvalue weighted by Crippen LogP contribution is -2.33. The molecule has 1 fully saturated rings. The highest BCUT2D eigenvalue weighted by molar-refractivity contribution is 6.34. The van der Waals surface area contributed by atoms with E-state index in [1.165, 1.54) is 17.7 Å². The second-order valence-electron chi connectivity index (χ2n) is 5.49. The van der Waals surface area contributed by atoms with E-state index in [0.29, 0.717) is 16.5 Å². The molecule has 1 aromatic rings. The highest BCUT2D eigenvalue weighted by Gasteiger charge is 2.15. The Morgan fingerprint density at radius 1 is 1.50 bits per heavy atom. The van der Waals surface area contributed by atoms with E-state index in [0.717, 1.165) is 25.3 Å². The van der Waals surface area contributed by atoms with Crippen LogP contribution in [0.3, 0.4) is 0 Å². The first-order valence-electron chi connectivity index (χ1n) is 7.03. The molecule has 0 aromatic heterocycles. The molecular weight excluding hydrogens is 274 g/mol. The third-order valence-corrected chi connectivity index (χ3v) is 3.93. The van der Waals surface area contributed by atoms with Gasteiger partial charge in [-0.25, -0.2) is 0 Å². The zero-order valence-corrected chi connectivity index (χ0v) is 12.8. The highest BCUT2D eigenvalue weighted by Crippen LogP contribution is 2.22. The van der Waals surface area contributed by atoms with Gasteiger partial charge in [0.2, 0.25) is 0 Å². The summed E-state index contributed by atoms with van der Waals surface area (Å²) in [7, 11) is 3.46. The fraction of sp³-hybridized carbons (Fsp3) is 0.533. The number of rotatable bonds is 4. The van der Waals surface area contributed by atoms with E-state index in [2.05, 4.69) is 10.6 Å². The summed E-state index contributed by atoms with van der Waals surface area (Å²) in [5, 5.41) is 7.30. The molecule has 1 aromatic carbocycles. The number of carbonyl (C=O) groups is 1. The topological polar surface area (TPSA) is 44.4 Å². The minimum absolute atomic E-state index is 0.0713. The second kappa shape index (κ2) is 6.95. The maximum Gasteiger partial charge on any atom is 0.254 e. The van der Waals surface area contributed by atoms with Gasteiger partial charge in [0, 0.05) is 26.3 Å². The molecule has 4 nitrogen and oxygen atoms in total. The Morgan fingerprint density at radius 2 is 2.30 bits per heavy atom. The zero-order valence-electron chi connectivity index (χ0n) is 12.1. The molecule has 1 heterocycles. The molecule has 0 bridgehead atoms. The Kier molecular flexibility index (Phi) is 5.26. The number of nitrogens with one attached hydrogen (secondary N) is 2. The number of benzene rings is 1. The fourth-order valence-electron chi connectivity index (χ4n) is 2.40. The molecule has 1 aliphatic heterocycles. The maximum absolute atomic E-state index is 12.0. The monoisotopic (exact) mass is 295 g/mol. The van der Waals surface area contributed by atoms with Crippen molar-refractivity contribution in [1.82, 2.24) is 10.2 Å². The van der Waals surface area contributed by atoms with Crippen LogP contribution in [-0.2, 0) is 0 Å². The predicted molar refractivity (Wildman–Crippen MR) is 83.6 cm³/mol. The second-order valence-corrected chi connectivity index (χ2v) is 5.89. The van der Waals surface area contributed by atoms with Crippen molar-refractivity contribution in [3.05, 3.63) is 28.8 Å². The van der Waals surface area contributed by atoms with Crippen LogP contribution in [0.5, 0.6) is 0 Å². The average molecular weight is 296 g/mol. The summed E-state index contributed by atoms with van der Waals surface area (Å²) in [6.07, 6.45) is 2.48. The normalized spacial score (nSPS) is 18.6. The molecule has 110 valence electrons. The summed E-state index contributed by atoms with van der Waals surface area (Å²) in [5.41, 5.74) is 1.49. The fourth-order valence-corrected chi connectivity index (χ4v) is 2.60. The van der Waals surface area contributed by atoms with Crippen molar-refractivity contribution in [2.45, 2.75) is 12.8 Å². The first-order chi connectivity index (χ1) is 9.58. The summed E-state index contributed by atoms with van der Waals surface area (Å²) in [4.78, 5) is 13.6. The van der Waals surface area contributed by atoms with Crippen molar-refractivity contribution in [3.63, 3.8) is 0 Å². The number of halogens is 1. The molecule has 1 amide bonds. The van der Waals surface area contributed by atoms with Gasteiger partial charge in [-0.3, -0.25) is 4.79 Å². The molecule has 0 saturated carbocycles. The van der Waals surface area contributed by atoms with Gasteiger partial charge in [0.05, 0.1) is 10.6 Å². The Labute approximate surface area is 125 Å². The van der Waals surface area contributed by atoms with Gasteiger partial charge in [-0.15, -0.1) is 0 Å². The minimum Gasteiger partial charge on any atom is -0.385 e. The van der Waals surface area contributed by atoms with Crippen molar-refractivity contribution in [1.29, 1.82) is 0 Å². The minimum atomic E-state index is -0.0713. The van der Waals surface area contributed by atoms with Crippen LogP contribution in [0, 0.1) is 5.92 Å². The van der Waals surface area contributed by atoms with Gasteiger partial charge in [0.15, 0.2) is 0 Å². The SMILES string of the molecule is CN(C)C(=O)c1cc(NCC2CCCNC2)ccc1Cl. The molecule has 0 radical (unpaired) electrons. The molecule has 2 N–H and O–H groups in total. The molecule has 0 spiro atoms. The number of hydrogen-bond acceptors (Lipinski definition) is 3. The Balaban J connectivity index is 2.01. The van der Waals surface area contributed by atoms with Crippen LogP contribution < -0.4 is 10.6 Å². The third-order valence-electron chi connectivity index (χ3n) is 3.60. The number of piperidine rings is 1. The van der Waals surface area contributed by atoms with Gasteiger partial charge in [-0.2, -0.15) is 0 Å². The molecule has 1 aliphatic rings. The molecule has 5 heteroatoms. The van der Waals surface area contributed by atoms with Gasteiger partial charge >= 0.3 is 0 Å². The summed E-state index contributed by atoms with van der Waals surface area (Å²) in [6.45, 7) is 3.10. The number of carbonyl (C=O) groups excluding carboxylic acids is 1. The molecular formula is C15H22ClN3O. The van der Waals surface area contributed by atoms with E-state index in [4.69, 9.17) is 11.6 Å². The van der Waals surface area contributed by atoms with Crippen LogP contribution in [0.4, 0.5) is 5.69 Å². The average Bonchev–Trinajstić information content (AvgIpc) is 2.46.